The highest BCUT2D eigenvalue weighted by Crippen LogP contribution is 2.33. The van der Waals surface area contributed by atoms with Gasteiger partial charge in [0.25, 0.3) is 0 Å². The molecule has 0 amide bonds. The molecule has 0 fully saturated rings. The highest BCUT2D eigenvalue weighted by atomic mass is 35.5. The topological polar surface area (TPSA) is 55.8 Å². The van der Waals surface area contributed by atoms with E-state index in [1.165, 1.54) is 0 Å². The fourth-order valence-corrected chi connectivity index (χ4v) is 1.97. The maximum absolute atomic E-state index is 10.5. The minimum Gasteiger partial charge on any atom is -0.494 e. The quantitative estimate of drug-likeness (QED) is 0.794. The Morgan fingerprint density at radius 3 is 2.42 bits per heavy atom. The van der Waals surface area contributed by atoms with Gasteiger partial charge in [-0.15, -0.1) is 0 Å². The van der Waals surface area contributed by atoms with E-state index in [4.69, 9.17) is 26.2 Å². The molecule has 106 valence electrons. The molecule has 19 heavy (non-hydrogen) atoms. The van der Waals surface area contributed by atoms with E-state index in [-0.39, 0.29) is 6.42 Å². The van der Waals surface area contributed by atoms with Gasteiger partial charge in [0, 0.05) is 12.5 Å². The molecule has 1 N–H and O–H groups in total. The highest BCUT2D eigenvalue weighted by Gasteiger charge is 2.11. The van der Waals surface area contributed by atoms with E-state index in [1.54, 1.807) is 6.07 Å². The van der Waals surface area contributed by atoms with Gasteiger partial charge in [-0.25, -0.2) is 0 Å². The van der Waals surface area contributed by atoms with Crippen LogP contribution in [0.5, 0.6) is 11.5 Å². The van der Waals surface area contributed by atoms with Gasteiger partial charge in [0.15, 0.2) is 0 Å². The predicted octanol–water partition coefficient (Wildman–Crippen LogP) is 3.54. The summed E-state index contributed by atoms with van der Waals surface area (Å²) in [5, 5.41) is 9.18. The van der Waals surface area contributed by atoms with Gasteiger partial charge < -0.3 is 14.6 Å². The van der Waals surface area contributed by atoms with Gasteiger partial charge >= 0.3 is 5.97 Å². The fourth-order valence-electron chi connectivity index (χ4n) is 1.76. The van der Waals surface area contributed by atoms with Gasteiger partial charge in [0.05, 0.1) is 18.2 Å². The standard InChI is InChI=1S/C14H19ClO4/c1-3-18-12-9-11(15)13(19-4-2)8-10(12)6-5-7-14(16)17/h8-9H,3-7H2,1-2H3,(H,16,17). The number of aryl methyl sites for hydroxylation is 1. The first kappa shape index (κ1) is 15.6. The van der Waals surface area contributed by atoms with Crippen molar-refractivity contribution in [2.45, 2.75) is 33.1 Å². The van der Waals surface area contributed by atoms with Crippen LogP contribution >= 0.6 is 11.6 Å². The number of halogens is 1. The Kier molecular flexibility index (Phi) is 6.50. The van der Waals surface area contributed by atoms with Crippen LogP contribution in [-0.4, -0.2) is 24.3 Å². The summed E-state index contributed by atoms with van der Waals surface area (Å²) in [6.45, 7) is 4.85. The van der Waals surface area contributed by atoms with Crippen molar-refractivity contribution in [1.82, 2.24) is 0 Å². The van der Waals surface area contributed by atoms with Crippen LogP contribution in [0.25, 0.3) is 0 Å². The minimum atomic E-state index is -0.794. The van der Waals surface area contributed by atoms with Crippen LogP contribution in [0.15, 0.2) is 12.1 Å². The molecule has 0 radical (unpaired) electrons. The number of carboxylic acids is 1. The second-order valence-electron chi connectivity index (χ2n) is 4.00. The van der Waals surface area contributed by atoms with Crippen molar-refractivity contribution in [1.29, 1.82) is 0 Å². The molecule has 0 aliphatic rings. The summed E-state index contributed by atoms with van der Waals surface area (Å²) < 4.78 is 11.0. The maximum Gasteiger partial charge on any atom is 0.303 e. The zero-order valence-electron chi connectivity index (χ0n) is 11.2. The first-order chi connectivity index (χ1) is 9.08. The van der Waals surface area contributed by atoms with Crippen LogP contribution in [0.1, 0.15) is 32.3 Å². The zero-order chi connectivity index (χ0) is 14.3. The van der Waals surface area contributed by atoms with Gasteiger partial charge in [0.2, 0.25) is 0 Å². The second-order valence-corrected chi connectivity index (χ2v) is 4.41. The number of aliphatic carboxylic acids is 1. The fraction of sp³-hybridized carbons (Fsp3) is 0.500. The van der Waals surface area contributed by atoms with Gasteiger partial charge in [-0.1, -0.05) is 11.6 Å². The van der Waals surface area contributed by atoms with Crippen molar-refractivity contribution >= 4 is 17.6 Å². The average molecular weight is 287 g/mol. The van der Waals surface area contributed by atoms with E-state index in [9.17, 15) is 4.79 Å². The zero-order valence-corrected chi connectivity index (χ0v) is 12.0. The summed E-state index contributed by atoms with van der Waals surface area (Å²) in [4.78, 5) is 10.5. The van der Waals surface area contributed by atoms with Gasteiger partial charge in [-0.3, -0.25) is 4.79 Å². The third-order valence-corrected chi connectivity index (χ3v) is 2.85. The number of benzene rings is 1. The lowest BCUT2D eigenvalue weighted by molar-refractivity contribution is -0.137. The Bertz CT molecular complexity index is 432. The summed E-state index contributed by atoms with van der Waals surface area (Å²) in [5.74, 6) is 0.510. The van der Waals surface area contributed by atoms with Gasteiger partial charge in [0.1, 0.15) is 11.5 Å². The maximum atomic E-state index is 10.5. The van der Waals surface area contributed by atoms with Gasteiger partial charge in [-0.05, 0) is 38.3 Å². The van der Waals surface area contributed by atoms with Crippen LogP contribution in [0.4, 0.5) is 0 Å². The van der Waals surface area contributed by atoms with Crippen LogP contribution in [0.3, 0.4) is 0 Å². The van der Waals surface area contributed by atoms with E-state index in [0.29, 0.717) is 42.6 Å². The number of rotatable bonds is 8. The van der Waals surface area contributed by atoms with Crippen LogP contribution in [0.2, 0.25) is 5.02 Å². The average Bonchev–Trinajstić information content (AvgIpc) is 2.34. The Labute approximate surface area is 118 Å². The molecule has 0 aliphatic carbocycles. The molecule has 1 rings (SSSR count). The molecule has 0 saturated carbocycles. The Morgan fingerprint density at radius 1 is 1.21 bits per heavy atom. The van der Waals surface area contributed by atoms with E-state index >= 15 is 0 Å². The molecule has 0 spiro atoms. The molecule has 0 saturated heterocycles. The number of ether oxygens (including phenoxy) is 2. The molecular formula is C14H19ClO4. The minimum absolute atomic E-state index is 0.137. The largest absolute Gasteiger partial charge is 0.494 e. The Morgan fingerprint density at radius 2 is 1.84 bits per heavy atom. The molecule has 4 nitrogen and oxygen atoms in total. The van der Waals surface area contributed by atoms with Crippen molar-refractivity contribution in [3.05, 3.63) is 22.7 Å². The summed E-state index contributed by atoms with van der Waals surface area (Å²) in [6.07, 6.45) is 1.32. The smallest absolute Gasteiger partial charge is 0.303 e. The van der Waals surface area contributed by atoms with Crippen LogP contribution < -0.4 is 9.47 Å². The summed E-state index contributed by atoms with van der Waals surface area (Å²) in [5.41, 5.74) is 0.927. The molecule has 0 heterocycles. The number of carboxylic acid groups (broad SMARTS) is 1. The normalized spacial score (nSPS) is 10.3. The van der Waals surface area contributed by atoms with Crippen molar-refractivity contribution in [2.24, 2.45) is 0 Å². The molecular weight excluding hydrogens is 268 g/mol. The van der Waals surface area contributed by atoms with Crippen molar-refractivity contribution < 1.29 is 19.4 Å². The molecule has 1 aromatic rings. The molecule has 0 unspecified atom stereocenters. The number of hydrogen-bond acceptors (Lipinski definition) is 3. The summed E-state index contributed by atoms with van der Waals surface area (Å²) in [6, 6.07) is 3.56. The van der Waals surface area contributed by atoms with Crippen LogP contribution in [0, 0.1) is 0 Å². The number of hydrogen-bond donors (Lipinski definition) is 1. The van der Waals surface area contributed by atoms with Crippen LogP contribution in [-0.2, 0) is 11.2 Å². The lowest BCUT2D eigenvalue weighted by Gasteiger charge is -2.14. The third-order valence-electron chi connectivity index (χ3n) is 2.55. The Hall–Kier alpha value is -1.42. The lowest BCUT2D eigenvalue weighted by Crippen LogP contribution is -2.01. The monoisotopic (exact) mass is 286 g/mol. The summed E-state index contributed by atoms with van der Waals surface area (Å²) in [7, 11) is 0. The molecule has 0 aliphatic heterocycles. The SMILES string of the molecule is CCOc1cc(CCCC(=O)O)c(OCC)cc1Cl. The van der Waals surface area contributed by atoms with Gasteiger partial charge in [-0.2, -0.15) is 0 Å². The first-order valence-electron chi connectivity index (χ1n) is 6.38. The van der Waals surface area contributed by atoms with Crippen molar-refractivity contribution in [3.8, 4) is 11.5 Å². The van der Waals surface area contributed by atoms with E-state index in [2.05, 4.69) is 0 Å². The molecule has 0 atom stereocenters. The lowest BCUT2D eigenvalue weighted by atomic mass is 10.1. The van der Waals surface area contributed by atoms with E-state index in [1.807, 2.05) is 19.9 Å². The summed E-state index contributed by atoms with van der Waals surface area (Å²) >= 11 is 6.10. The molecule has 0 bridgehead atoms. The van der Waals surface area contributed by atoms with Crippen molar-refractivity contribution in [2.75, 3.05) is 13.2 Å². The van der Waals surface area contributed by atoms with E-state index in [0.717, 1.165) is 5.56 Å². The first-order valence-corrected chi connectivity index (χ1v) is 6.76. The third kappa shape index (κ3) is 4.99. The van der Waals surface area contributed by atoms with E-state index < -0.39 is 5.97 Å². The molecule has 0 aromatic heterocycles. The second kappa shape index (κ2) is 7.89. The number of carbonyl (C=O) groups is 1. The molecule has 5 heteroatoms. The molecule has 1 aromatic carbocycles. The van der Waals surface area contributed by atoms with Crippen molar-refractivity contribution in [3.63, 3.8) is 0 Å². The Balaban J connectivity index is 2.89. The highest BCUT2D eigenvalue weighted by molar-refractivity contribution is 6.32. The predicted molar refractivity (Wildman–Crippen MR) is 74.4 cm³/mol.